The Bertz CT molecular complexity index is 302. The van der Waals surface area contributed by atoms with Gasteiger partial charge in [0.25, 0.3) is 0 Å². The number of rotatable bonds is 2. The molecule has 2 rings (SSSR count). The Morgan fingerprint density at radius 1 is 1.21 bits per heavy atom. The smallest absolute Gasteiger partial charge is 0.0718 e. The van der Waals surface area contributed by atoms with E-state index in [0.717, 1.165) is 19.6 Å². The summed E-state index contributed by atoms with van der Waals surface area (Å²) in [5, 5.41) is 9.72. The predicted molar refractivity (Wildman–Crippen MR) is 56.9 cm³/mol. The van der Waals surface area contributed by atoms with Gasteiger partial charge in [-0.2, -0.15) is 0 Å². The Morgan fingerprint density at radius 3 is 2.14 bits per heavy atom. The zero-order valence-electron chi connectivity index (χ0n) is 8.83. The third kappa shape index (κ3) is 2.14. The molecule has 1 aromatic rings. The van der Waals surface area contributed by atoms with Gasteiger partial charge in [-0.05, 0) is 25.0 Å². The van der Waals surface area contributed by atoms with Crippen LogP contribution in [0.3, 0.4) is 0 Å². The SMILES string of the molecule is CC(C)(O)CN1Cc2ccccc2C1. The molecule has 0 atom stereocenters. The molecule has 1 aromatic carbocycles. The molecule has 2 nitrogen and oxygen atoms in total. The maximum absolute atomic E-state index is 9.72. The van der Waals surface area contributed by atoms with Crippen molar-refractivity contribution >= 4 is 0 Å². The average molecular weight is 191 g/mol. The van der Waals surface area contributed by atoms with Gasteiger partial charge in [0.2, 0.25) is 0 Å². The van der Waals surface area contributed by atoms with Gasteiger partial charge >= 0.3 is 0 Å². The Morgan fingerprint density at radius 2 is 1.71 bits per heavy atom. The quantitative estimate of drug-likeness (QED) is 0.770. The lowest BCUT2D eigenvalue weighted by Crippen LogP contribution is -2.35. The maximum Gasteiger partial charge on any atom is 0.0718 e. The van der Waals surface area contributed by atoms with Gasteiger partial charge < -0.3 is 5.11 Å². The molecule has 0 aliphatic carbocycles. The van der Waals surface area contributed by atoms with E-state index >= 15 is 0 Å². The summed E-state index contributed by atoms with van der Waals surface area (Å²) in [4.78, 5) is 2.28. The minimum absolute atomic E-state index is 0.595. The van der Waals surface area contributed by atoms with Crippen LogP contribution in [0.25, 0.3) is 0 Å². The highest BCUT2D eigenvalue weighted by Gasteiger charge is 2.23. The van der Waals surface area contributed by atoms with Crippen molar-refractivity contribution in [3.05, 3.63) is 35.4 Å². The molecule has 1 heterocycles. The van der Waals surface area contributed by atoms with Crippen LogP contribution in [0.1, 0.15) is 25.0 Å². The summed E-state index contributed by atoms with van der Waals surface area (Å²) in [6.45, 7) is 6.40. The molecule has 0 amide bonds. The molecule has 0 spiro atoms. The van der Waals surface area contributed by atoms with Crippen LogP contribution in [0, 0.1) is 0 Å². The molecule has 0 unspecified atom stereocenters. The summed E-state index contributed by atoms with van der Waals surface area (Å²) in [6, 6.07) is 8.48. The standard InChI is InChI=1S/C12H17NO/c1-12(2,14)9-13-7-10-5-3-4-6-11(10)8-13/h3-6,14H,7-9H2,1-2H3. The van der Waals surface area contributed by atoms with Crippen LogP contribution < -0.4 is 0 Å². The van der Waals surface area contributed by atoms with E-state index in [1.807, 2.05) is 13.8 Å². The van der Waals surface area contributed by atoms with Crippen molar-refractivity contribution < 1.29 is 5.11 Å². The molecule has 2 heteroatoms. The summed E-state index contributed by atoms with van der Waals surface area (Å²) in [5.41, 5.74) is 2.20. The van der Waals surface area contributed by atoms with Gasteiger partial charge in [-0.25, -0.2) is 0 Å². The van der Waals surface area contributed by atoms with Gasteiger partial charge in [0.15, 0.2) is 0 Å². The van der Waals surface area contributed by atoms with Crippen LogP contribution in [0.2, 0.25) is 0 Å². The lowest BCUT2D eigenvalue weighted by Gasteiger charge is -2.24. The Labute approximate surface area is 85.2 Å². The van der Waals surface area contributed by atoms with Crippen molar-refractivity contribution in [2.75, 3.05) is 6.54 Å². The molecule has 0 bridgehead atoms. The molecular weight excluding hydrogens is 174 g/mol. The molecule has 14 heavy (non-hydrogen) atoms. The van der Waals surface area contributed by atoms with Crippen molar-refractivity contribution in [2.24, 2.45) is 0 Å². The van der Waals surface area contributed by atoms with E-state index < -0.39 is 5.60 Å². The van der Waals surface area contributed by atoms with E-state index in [1.165, 1.54) is 11.1 Å². The fraction of sp³-hybridized carbons (Fsp3) is 0.500. The van der Waals surface area contributed by atoms with Crippen LogP contribution in [-0.2, 0) is 13.1 Å². The first kappa shape index (κ1) is 9.69. The number of aliphatic hydroxyl groups is 1. The molecule has 1 N–H and O–H groups in total. The number of fused-ring (bicyclic) bond motifs is 1. The van der Waals surface area contributed by atoms with Crippen molar-refractivity contribution in [1.29, 1.82) is 0 Å². The number of hydrogen-bond donors (Lipinski definition) is 1. The minimum Gasteiger partial charge on any atom is -0.389 e. The fourth-order valence-electron chi connectivity index (χ4n) is 2.06. The lowest BCUT2D eigenvalue weighted by molar-refractivity contribution is 0.0350. The lowest BCUT2D eigenvalue weighted by atomic mass is 10.1. The number of nitrogens with zero attached hydrogens (tertiary/aromatic N) is 1. The van der Waals surface area contributed by atoms with Gasteiger partial charge in [0.05, 0.1) is 5.60 Å². The van der Waals surface area contributed by atoms with Crippen LogP contribution in [-0.4, -0.2) is 22.2 Å². The number of hydrogen-bond acceptors (Lipinski definition) is 2. The second-order valence-corrected chi connectivity index (χ2v) is 4.73. The van der Waals surface area contributed by atoms with Crippen molar-refractivity contribution in [1.82, 2.24) is 4.90 Å². The van der Waals surface area contributed by atoms with Gasteiger partial charge in [-0.1, -0.05) is 24.3 Å². The van der Waals surface area contributed by atoms with Crippen LogP contribution in [0.4, 0.5) is 0 Å². The van der Waals surface area contributed by atoms with Gasteiger partial charge in [0, 0.05) is 19.6 Å². The monoisotopic (exact) mass is 191 g/mol. The molecule has 76 valence electrons. The average Bonchev–Trinajstić information content (AvgIpc) is 2.42. The number of benzene rings is 1. The first-order chi connectivity index (χ1) is 6.54. The summed E-state index contributed by atoms with van der Waals surface area (Å²) in [6.07, 6.45) is 0. The maximum atomic E-state index is 9.72. The van der Waals surface area contributed by atoms with Gasteiger partial charge in [0.1, 0.15) is 0 Å². The largest absolute Gasteiger partial charge is 0.389 e. The topological polar surface area (TPSA) is 23.5 Å². The second kappa shape index (κ2) is 3.37. The molecule has 1 aliphatic heterocycles. The molecule has 0 aromatic heterocycles. The van der Waals surface area contributed by atoms with Crippen LogP contribution >= 0.6 is 0 Å². The van der Waals surface area contributed by atoms with Gasteiger partial charge in [-0.3, -0.25) is 4.90 Å². The number of β-amino-alcohol motifs (C(OH)–C–C–N with tert-alkyl or cyclic N) is 1. The molecule has 1 aliphatic rings. The highest BCUT2D eigenvalue weighted by molar-refractivity contribution is 5.30. The van der Waals surface area contributed by atoms with E-state index in [1.54, 1.807) is 0 Å². The van der Waals surface area contributed by atoms with E-state index in [-0.39, 0.29) is 0 Å². The van der Waals surface area contributed by atoms with E-state index in [4.69, 9.17) is 0 Å². The summed E-state index contributed by atoms with van der Waals surface area (Å²) in [5.74, 6) is 0. The summed E-state index contributed by atoms with van der Waals surface area (Å²) < 4.78 is 0. The normalized spacial score (nSPS) is 17.1. The van der Waals surface area contributed by atoms with Gasteiger partial charge in [-0.15, -0.1) is 0 Å². The summed E-state index contributed by atoms with van der Waals surface area (Å²) in [7, 11) is 0. The fourth-order valence-corrected chi connectivity index (χ4v) is 2.06. The first-order valence-electron chi connectivity index (χ1n) is 5.06. The zero-order chi connectivity index (χ0) is 10.2. The third-order valence-electron chi connectivity index (χ3n) is 2.52. The molecule has 0 radical (unpaired) electrons. The highest BCUT2D eigenvalue weighted by atomic mass is 16.3. The van der Waals surface area contributed by atoms with E-state index in [9.17, 15) is 5.11 Å². The van der Waals surface area contributed by atoms with Crippen LogP contribution in [0.15, 0.2) is 24.3 Å². The first-order valence-corrected chi connectivity index (χ1v) is 5.06. The van der Waals surface area contributed by atoms with Crippen LogP contribution in [0.5, 0.6) is 0 Å². The zero-order valence-corrected chi connectivity index (χ0v) is 8.83. The Balaban J connectivity index is 2.05. The van der Waals surface area contributed by atoms with Crippen molar-refractivity contribution in [3.63, 3.8) is 0 Å². The molecule has 0 saturated carbocycles. The molecule has 0 saturated heterocycles. The predicted octanol–water partition coefficient (Wildman–Crippen LogP) is 1.77. The Hall–Kier alpha value is -0.860. The summed E-state index contributed by atoms with van der Waals surface area (Å²) >= 11 is 0. The molecule has 0 fully saturated rings. The minimum atomic E-state index is -0.595. The Kier molecular flexibility index (Phi) is 2.33. The highest BCUT2D eigenvalue weighted by Crippen LogP contribution is 2.23. The molecular formula is C12H17NO. The third-order valence-corrected chi connectivity index (χ3v) is 2.52. The van der Waals surface area contributed by atoms with Crippen molar-refractivity contribution in [3.8, 4) is 0 Å². The second-order valence-electron chi connectivity index (χ2n) is 4.73. The van der Waals surface area contributed by atoms with E-state index in [0.29, 0.717) is 0 Å². The van der Waals surface area contributed by atoms with E-state index in [2.05, 4.69) is 29.2 Å². The van der Waals surface area contributed by atoms with Crippen molar-refractivity contribution in [2.45, 2.75) is 32.5 Å².